The summed E-state index contributed by atoms with van der Waals surface area (Å²) < 4.78 is 21.2. The van der Waals surface area contributed by atoms with Crippen molar-refractivity contribution in [3.63, 3.8) is 0 Å². The zero-order chi connectivity index (χ0) is 15.9. The largest absolute Gasteiger partial charge is 0.467 e. The van der Waals surface area contributed by atoms with Crippen LogP contribution in [-0.2, 0) is 9.47 Å². The molecule has 0 amide bonds. The van der Waals surface area contributed by atoms with Crippen LogP contribution in [0.1, 0.15) is 25.5 Å². The molecule has 1 aromatic heterocycles. The van der Waals surface area contributed by atoms with E-state index in [2.05, 4.69) is 0 Å². The van der Waals surface area contributed by atoms with Crippen molar-refractivity contribution in [3.05, 3.63) is 40.2 Å². The van der Waals surface area contributed by atoms with Gasteiger partial charge in [0.2, 0.25) is 0 Å². The van der Waals surface area contributed by atoms with Gasteiger partial charge in [-0.3, -0.25) is 0 Å². The third-order valence-corrected chi connectivity index (χ3v) is 3.58. The second-order valence-corrected chi connectivity index (χ2v) is 5.86. The SMILES string of the molecule is COCOc1cc2oc(=O)ccc2cc1[C@H]1O[C@@H]1C(C)(C)O. The Balaban J connectivity index is 2.03. The quantitative estimate of drug-likeness (QED) is 0.517. The number of epoxide rings is 1. The predicted molar refractivity (Wildman–Crippen MR) is 78.9 cm³/mol. The summed E-state index contributed by atoms with van der Waals surface area (Å²) in [5, 5.41) is 10.8. The molecule has 0 radical (unpaired) electrons. The molecule has 1 N–H and O–H groups in total. The van der Waals surface area contributed by atoms with E-state index in [1.807, 2.05) is 6.07 Å². The lowest BCUT2D eigenvalue weighted by molar-refractivity contribution is 0.0482. The van der Waals surface area contributed by atoms with Crippen LogP contribution in [0.4, 0.5) is 0 Å². The summed E-state index contributed by atoms with van der Waals surface area (Å²) >= 11 is 0. The van der Waals surface area contributed by atoms with Gasteiger partial charge in [0, 0.05) is 30.2 Å². The molecule has 6 heteroatoms. The highest BCUT2D eigenvalue weighted by Crippen LogP contribution is 2.48. The van der Waals surface area contributed by atoms with Crippen LogP contribution in [0.5, 0.6) is 5.75 Å². The number of hydrogen-bond acceptors (Lipinski definition) is 6. The van der Waals surface area contributed by atoms with Gasteiger partial charge in [-0.15, -0.1) is 0 Å². The Morgan fingerprint density at radius 3 is 2.73 bits per heavy atom. The predicted octanol–water partition coefficient (Wildman–Crippen LogP) is 1.99. The van der Waals surface area contributed by atoms with Crippen LogP contribution in [0.2, 0.25) is 0 Å². The monoisotopic (exact) mass is 306 g/mol. The van der Waals surface area contributed by atoms with Gasteiger partial charge in [-0.05, 0) is 26.0 Å². The number of methoxy groups -OCH3 is 1. The first kappa shape index (κ1) is 15.0. The summed E-state index contributed by atoms with van der Waals surface area (Å²) in [6.45, 7) is 3.47. The van der Waals surface area contributed by atoms with Crippen molar-refractivity contribution in [1.29, 1.82) is 0 Å². The van der Waals surface area contributed by atoms with E-state index >= 15 is 0 Å². The van der Waals surface area contributed by atoms with Crippen molar-refractivity contribution < 1.29 is 23.7 Å². The molecule has 1 fully saturated rings. The van der Waals surface area contributed by atoms with Gasteiger partial charge in [0.1, 0.15) is 23.5 Å². The van der Waals surface area contributed by atoms with Gasteiger partial charge in [-0.1, -0.05) is 0 Å². The third-order valence-electron chi connectivity index (χ3n) is 3.58. The van der Waals surface area contributed by atoms with E-state index < -0.39 is 11.2 Å². The first-order chi connectivity index (χ1) is 10.4. The molecule has 22 heavy (non-hydrogen) atoms. The summed E-state index contributed by atoms with van der Waals surface area (Å²) in [5.74, 6) is 0.514. The zero-order valence-electron chi connectivity index (χ0n) is 12.7. The van der Waals surface area contributed by atoms with E-state index in [1.54, 1.807) is 26.0 Å². The first-order valence-corrected chi connectivity index (χ1v) is 6.97. The molecule has 1 aliphatic heterocycles. The van der Waals surface area contributed by atoms with Gasteiger partial charge in [0.15, 0.2) is 6.79 Å². The fraction of sp³-hybridized carbons (Fsp3) is 0.438. The Morgan fingerprint density at radius 2 is 2.09 bits per heavy atom. The molecule has 2 heterocycles. The molecule has 0 bridgehead atoms. The second-order valence-electron chi connectivity index (χ2n) is 5.86. The topological polar surface area (TPSA) is 81.4 Å². The fourth-order valence-corrected chi connectivity index (χ4v) is 2.47. The maximum absolute atomic E-state index is 11.3. The number of benzene rings is 1. The summed E-state index contributed by atoms with van der Waals surface area (Å²) in [5.41, 5.74) is -0.134. The molecular formula is C16H18O6. The summed E-state index contributed by atoms with van der Waals surface area (Å²) in [4.78, 5) is 11.3. The molecule has 2 atom stereocenters. The lowest BCUT2D eigenvalue weighted by Gasteiger charge is -2.14. The highest BCUT2D eigenvalue weighted by Gasteiger charge is 2.51. The minimum absolute atomic E-state index is 0.0650. The number of rotatable bonds is 5. The average molecular weight is 306 g/mol. The van der Waals surface area contributed by atoms with Crippen LogP contribution in [0.25, 0.3) is 11.0 Å². The molecular weight excluding hydrogens is 288 g/mol. The lowest BCUT2D eigenvalue weighted by Crippen LogP contribution is -2.26. The van der Waals surface area contributed by atoms with E-state index in [-0.39, 0.29) is 19.0 Å². The van der Waals surface area contributed by atoms with Gasteiger partial charge in [0.25, 0.3) is 0 Å². The molecule has 118 valence electrons. The molecule has 1 aliphatic rings. The highest BCUT2D eigenvalue weighted by atomic mass is 16.7. The lowest BCUT2D eigenvalue weighted by atomic mass is 9.97. The molecule has 2 aromatic rings. The molecule has 1 saturated heterocycles. The Bertz CT molecular complexity index is 742. The maximum Gasteiger partial charge on any atom is 0.336 e. The van der Waals surface area contributed by atoms with Crippen molar-refractivity contribution in [2.24, 2.45) is 0 Å². The number of hydrogen-bond donors (Lipinski definition) is 1. The summed E-state index contributed by atoms with van der Waals surface area (Å²) in [6, 6.07) is 6.54. The van der Waals surface area contributed by atoms with Gasteiger partial charge < -0.3 is 23.7 Å². The number of aliphatic hydroxyl groups is 1. The van der Waals surface area contributed by atoms with E-state index in [0.29, 0.717) is 11.3 Å². The normalized spacial score (nSPS) is 21.1. The van der Waals surface area contributed by atoms with Crippen molar-refractivity contribution >= 4 is 11.0 Å². The van der Waals surface area contributed by atoms with Crippen molar-refractivity contribution in [2.75, 3.05) is 13.9 Å². The fourth-order valence-electron chi connectivity index (χ4n) is 2.47. The van der Waals surface area contributed by atoms with Crippen molar-refractivity contribution in [2.45, 2.75) is 31.7 Å². The first-order valence-electron chi connectivity index (χ1n) is 6.97. The van der Waals surface area contributed by atoms with E-state index in [0.717, 1.165) is 10.9 Å². The van der Waals surface area contributed by atoms with Crippen LogP contribution in [0, 0.1) is 0 Å². The standard InChI is InChI=1S/C16H18O6/c1-16(2,18)15-14(22-15)10-6-9-4-5-13(17)21-11(9)7-12(10)20-8-19-3/h4-7,14-15,18H,8H2,1-3H3/t14-,15+/m1/s1. The van der Waals surface area contributed by atoms with Crippen LogP contribution >= 0.6 is 0 Å². The van der Waals surface area contributed by atoms with Crippen molar-refractivity contribution in [1.82, 2.24) is 0 Å². The van der Waals surface area contributed by atoms with Crippen molar-refractivity contribution in [3.8, 4) is 5.75 Å². The number of ether oxygens (including phenoxy) is 3. The van der Waals surface area contributed by atoms with E-state index in [4.69, 9.17) is 18.6 Å². The van der Waals surface area contributed by atoms with Gasteiger partial charge in [-0.2, -0.15) is 0 Å². The molecule has 1 aromatic carbocycles. The average Bonchev–Trinajstić information content (AvgIpc) is 3.24. The second kappa shape index (κ2) is 5.39. The molecule has 0 spiro atoms. The van der Waals surface area contributed by atoms with Crippen LogP contribution in [0.3, 0.4) is 0 Å². The van der Waals surface area contributed by atoms with Crippen LogP contribution < -0.4 is 10.4 Å². The zero-order valence-corrected chi connectivity index (χ0v) is 12.7. The van der Waals surface area contributed by atoms with Crippen LogP contribution in [-0.4, -0.2) is 30.7 Å². The third kappa shape index (κ3) is 2.85. The Kier molecular flexibility index (Phi) is 3.68. The van der Waals surface area contributed by atoms with Gasteiger partial charge in [0.05, 0.1) is 5.60 Å². The summed E-state index contributed by atoms with van der Waals surface area (Å²) in [7, 11) is 1.52. The van der Waals surface area contributed by atoms with Crippen LogP contribution in [0.15, 0.2) is 33.5 Å². The minimum atomic E-state index is -0.943. The number of fused-ring (bicyclic) bond motifs is 1. The van der Waals surface area contributed by atoms with Gasteiger partial charge >= 0.3 is 5.63 Å². The van der Waals surface area contributed by atoms with Gasteiger partial charge in [-0.25, -0.2) is 4.79 Å². The minimum Gasteiger partial charge on any atom is -0.467 e. The van der Waals surface area contributed by atoms with E-state index in [1.165, 1.54) is 13.2 Å². The molecule has 0 unspecified atom stereocenters. The molecule has 0 saturated carbocycles. The van der Waals surface area contributed by atoms with E-state index in [9.17, 15) is 9.90 Å². The summed E-state index contributed by atoms with van der Waals surface area (Å²) in [6.07, 6.45) is -0.561. The molecule has 6 nitrogen and oxygen atoms in total. The molecule has 0 aliphatic carbocycles. The Morgan fingerprint density at radius 1 is 1.32 bits per heavy atom. The molecule has 3 rings (SSSR count). The maximum atomic E-state index is 11.3. The Labute approximate surface area is 127 Å². The Hall–Kier alpha value is -1.89. The highest BCUT2D eigenvalue weighted by molar-refractivity contribution is 5.79. The smallest absolute Gasteiger partial charge is 0.336 e.